The molecule has 0 unspecified atom stereocenters. The molecule has 0 radical (unpaired) electrons. The van der Waals surface area contributed by atoms with Crippen LogP contribution in [0, 0.1) is 0 Å². The van der Waals surface area contributed by atoms with E-state index in [2.05, 4.69) is 48.1 Å². The van der Waals surface area contributed by atoms with Crippen LogP contribution in [0.1, 0.15) is 31.9 Å². The Morgan fingerprint density at radius 2 is 1.72 bits per heavy atom. The van der Waals surface area contributed by atoms with Gasteiger partial charge in [-0.05, 0) is 72.1 Å². The summed E-state index contributed by atoms with van der Waals surface area (Å²) in [5, 5.41) is 4.19. The van der Waals surface area contributed by atoms with Crippen molar-refractivity contribution >= 4 is 39.9 Å². The Morgan fingerprint density at radius 1 is 1.08 bits per heavy atom. The minimum Gasteiger partial charge on any atom is -0.493 e. The van der Waals surface area contributed by atoms with Gasteiger partial charge in [-0.2, -0.15) is 0 Å². The lowest BCUT2D eigenvalue weighted by Gasteiger charge is -2.21. The van der Waals surface area contributed by atoms with Crippen LogP contribution in [-0.2, 0) is 13.2 Å². The van der Waals surface area contributed by atoms with Gasteiger partial charge in [0.2, 0.25) is 0 Å². The number of halogens is 3. The molecule has 0 fully saturated rings. The third-order valence-electron chi connectivity index (χ3n) is 3.41. The first-order valence-electron chi connectivity index (χ1n) is 7.77. The van der Waals surface area contributed by atoms with Crippen molar-refractivity contribution in [2.24, 2.45) is 0 Å². The molecule has 0 amide bonds. The van der Waals surface area contributed by atoms with Crippen LogP contribution in [-0.4, -0.2) is 12.6 Å². The molecular formula is C19H24BrCl2NO2. The third-order valence-corrected chi connectivity index (χ3v) is 4.25. The standard InChI is InChI=1S/C19H23BrClNO2.ClH/c1-19(2,3)22-11-14-9-16(20)18(17(10-14)23-4)24-12-13-5-7-15(21)8-6-13;/h5-10,22H,11-12H2,1-4H3;1H. The minimum atomic E-state index is 0. The summed E-state index contributed by atoms with van der Waals surface area (Å²) in [6.07, 6.45) is 0. The first-order valence-corrected chi connectivity index (χ1v) is 8.94. The van der Waals surface area contributed by atoms with E-state index < -0.39 is 0 Å². The van der Waals surface area contributed by atoms with Crippen LogP contribution in [0.3, 0.4) is 0 Å². The van der Waals surface area contributed by atoms with Crippen molar-refractivity contribution in [3.63, 3.8) is 0 Å². The Bertz CT molecular complexity index is 685. The van der Waals surface area contributed by atoms with Gasteiger partial charge in [0.05, 0.1) is 11.6 Å². The van der Waals surface area contributed by atoms with Gasteiger partial charge in [-0.25, -0.2) is 0 Å². The van der Waals surface area contributed by atoms with E-state index in [4.69, 9.17) is 21.1 Å². The normalized spacial score (nSPS) is 11.0. The third kappa shape index (κ3) is 7.06. The van der Waals surface area contributed by atoms with E-state index in [-0.39, 0.29) is 17.9 Å². The molecule has 2 aromatic rings. The SMILES string of the molecule is COc1cc(CNC(C)(C)C)cc(Br)c1OCc1ccc(Cl)cc1.Cl. The highest BCUT2D eigenvalue weighted by Crippen LogP contribution is 2.37. The van der Waals surface area contributed by atoms with Gasteiger partial charge in [-0.1, -0.05) is 23.7 Å². The summed E-state index contributed by atoms with van der Waals surface area (Å²) >= 11 is 9.50. The second-order valence-electron chi connectivity index (χ2n) is 6.63. The average Bonchev–Trinajstić information content (AvgIpc) is 2.52. The summed E-state index contributed by atoms with van der Waals surface area (Å²) in [7, 11) is 1.65. The van der Waals surface area contributed by atoms with Crippen molar-refractivity contribution in [2.75, 3.05) is 7.11 Å². The molecule has 0 spiro atoms. The molecule has 1 N–H and O–H groups in total. The van der Waals surface area contributed by atoms with E-state index in [0.717, 1.165) is 22.1 Å². The lowest BCUT2D eigenvalue weighted by molar-refractivity contribution is 0.282. The summed E-state index contributed by atoms with van der Waals surface area (Å²) < 4.78 is 12.3. The largest absolute Gasteiger partial charge is 0.493 e. The molecule has 0 heterocycles. The average molecular weight is 449 g/mol. The summed E-state index contributed by atoms with van der Waals surface area (Å²) in [6.45, 7) is 7.64. The number of hydrogen-bond acceptors (Lipinski definition) is 3. The molecule has 138 valence electrons. The van der Waals surface area contributed by atoms with Crippen molar-refractivity contribution in [1.82, 2.24) is 5.32 Å². The Labute approximate surface area is 169 Å². The van der Waals surface area contributed by atoms with Crippen LogP contribution in [0.15, 0.2) is 40.9 Å². The number of ether oxygens (including phenoxy) is 2. The monoisotopic (exact) mass is 447 g/mol. The van der Waals surface area contributed by atoms with E-state index in [0.29, 0.717) is 23.1 Å². The summed E-state index contributed by atoms with van der Waals surface area (Å²) in [4.78, 5) is 0. The van der Waals surface area contributed by atoms with E-state index in [1.165, 1.54) is 0 Å². The number of methoxy groups -OCH3 is 1. The molecule has 3 nitrogen and oxygen atoms in total. The van der Waals surface area contributed by atoms with Gasteiger partial charge in [-0.3, -0.25) is 0 Å². The summed E-state index contributed by atoms with van der Waals surface area (Å²) in [5.74, 6) is 1.41. The highest BCUT2D eigenvalue weighted by Gasteiger charge is 2.14. The zero-order valence-electron chi connectivity index (χ0n) is 14.9. The van der Waals surface area contributed by atoms with E-state index in [9.17, 15) is 0 Å². The van der Waals surface area contributed by atoms with Gasteiger partial charge in [0.15, 0.2) is 11.5 Å². The van der Waals surface area contributed by atoms with Gasteiger partial charge in [0, 0.05) is 17.1 Å². The minimum absolute atomic E-state index is 0. The Morgan fingerprint density at radius 3 is 2.28 bits per heavy atom. The molecule has 25 heavy (non-hydrogen) atoms. The number of benzene rings is 2. The topological polar surface area (TPSA) is 30.5 Å². The molecule has 0 aliphatic heterocycles. The molecule has 2 aromatic carbocycles. The molecular weight excluding hydrogens is 425 g/mol. The maximum absolute atomic E-state index is 5.95. The zero-order chi connectivity index (χ0) is 17.7. The van der Waals surface area contributed by atoms with E-state index in [1.807, 2.05) is 30.3 Å². The van der Waals surface area contributed by atoms with Crippen LogP contribution in [0.4, 0.5) is 0 Å². The molecule has 2 rings (SSSR count). The van der Waals surface area contributed by atoms with Crippen molar-refractivity contribution < 1.29 is 9.47 Å². The Kier molecular flexibility index (Phi) is 8.55. The predicted molar refractivity (Wildman–Crippen MR) is 110 cm³/mol. The van der Waals surface area contributed by atoms with Gasteiger partial charge in [-0.15, -0.1) is 12.4 Å². The molecule has 0 bridgehead atoms. The van der Waals surface area contributed by atoms with Crippen molar-refractivity contribution in [2.45, 2.75) is 39.5 Å². The maximum Gasteiger partial charge on any atom is 0.175 e. The van der Waals surface area contributed by atoms with Crippen LogP contribution in [0.2, 0.25) is 5.02 Å². The fourth-order valence-corrected chi connectivity index (χ4v) is 2.85. The first-order chi connectivity index (χ1) is 11.3. The molecule has 0 saturated heterocycles. The zero-order valence-corrected chi connectivity index (χ0v) is 18.0. The fraction of sp³-hybridized carbons (Fsp3) is 0.368. The van der Waals surface area contributed by atoms with Crippen LogP contribution in [0.25, 0.3) is 0 Å². The number of nitrogens with one attached hydrogen (secondary N) is 1. The Balaban J connectivity index is 0.00000312. The van der Waals surface area contributed by atoms with Crippen molar-refractivity contribution in [3.8, 4) is 11.5 Å². The molecule has 0 aliphatic carbocycles. The highest BCUT2D eigenvalue weighted by atomic mass is 79.9. The first kappa shape index (κ1) is 22.1. The molecule has 0 aromatic heterocycles. The molecule has 0 saturated carbocycles. The van der Waals surface area contributed by atoms with Crippen LogP contribution in [0.5, 0.6) is 11.5 Å². The number of hydrogen-bond donors (Lipinski definition) is 1. The summed E-state index contributed by atoms with van der Waals surface area (Å²) in [6, 6.07) is 11.7. The molecule has 6 heteroatoms. The molecule has 0 aliphatic rings. The van der Waals surface area contributed by atoms with Crippen molar-refractivity contribution in [1.29, 1.82) is 0 Å². The lowest BCUT2D eigenvalue weighted by Crippen LogP contribution is -2.35. The number of rotatable bonds is 6. The van der Waals surface area contributed by atoms with Crippen LogP contribution >= 0.6 is 39.9 Å². The fourth-order valence-electron chi connectivity index (χ4n) is 2.12. The molecule has 0 atom stereocenters. The predicted octanol–water partition coefficient (Wildman–Crippen LogP) is 6.00. The quantitative estimate of drug-likeness (QED) is 0.587. The second-order valence-corrected chi connectivity index (χ2v) is 7.92. The van der Waals surface area contributed by atoms with E-state index in [1.54, 1.807) is 7.11 Å². The van der Waals surface area contributed by atoms with E-state index >= 15 is 0 Å². The van der Waals surface area contributed by atoms with Crippen molar-refractivity contribution in [3.05, 3.63) is 57.0 Å². The van der Waals surface area contributed by atoms with Gasteiger partial charge in [0.25, 0.3) is 0 Å². The Hall–Kier alpha value is -0.940. The van der Waals surface area contributed by atoms with Gasteiger partial charge >= 0.3 is 0 Å². The highest BCUT2D eigenvalue weighted by molar-refractivity contribution is 9.10. The van der Waals surface area contributed by atoms with Gasteiger partial charge < -0.3 is 14.8 Å². The second kappa shape index (κ2) is 9.67. The summed E-state index contributed by atoms with van der Waals surface area (Å²) in [5.41, 5.74) is 2.24. The smallest absolute Gasteiger partial charge is 0.175 e. The lowest BCUT2D eigenvalue weighted by atomic mass is 10.1. The maximum atomic E-state index is 5.95. The van der Waals surface area contributed by atoms with Crippen LogP contribution < -0.4 is 14.8 Å². The van der Waals surface area contributed by atoms with Gasteiger partial charge in [0.1, 0.15) is 6.61 Å².